The highest BCUT2D eigenvalue weighted by Crippen LogP contribution is 2.19. The third-order valence-electron chi connectivity index (χ3n) is 5.15. The van der Waals surface area contributed by atoms with E-state index < -0.39 is 0 Å². The molecular formula is C23H38N4O2. The number of guanidine groups is 1. The molecule has 6 heteroatoms. The summed E-state index contributed by atoms with van der Waals surface area (Å²) in [4.78, 5) is 18.3. The van der Waals surface area contributed by atoms with Crippen LogP contribution in [-0.2, 0) is 11.2 Å². The summed E-state index contributed by atoms with van der Waals surface area (Å²) in [6, 6.07) is 7.82. The fourth-order valence-electron chi connectivity index (χ4n) is 3.57. The molecule has 0 aromatic heterocycles. The molecule has 1 aromatic carbocycles. The minimum absolute atomic E-state index is 0.0309. The van der Waals surface area contributed by atoms with E-state index in [-0.39, 0.29) is 5.91 Å². The summed E-state index contributed by atoms with van der Waals surface area (Å²) in [5, 5.41) is 6.66. The van der Waals surface area contributed by atoms with Gasteiger partial charge in [-0.2, -0.15) is 0 Å². The lowest BCUT2D eigenvalue weighted by Gasteiger charge is -2.15. The van der Waals surface area contributed by atoms with Gasteiger partial charge in [-0.1, -0.05) is 37.8 Å². The Bertz CT molecular complexity index is 638. The molecule has 1 aromatic rings. The molecule has 0 bridgehead atoms. The maximum absolute atomic E-state index is 12.1. The minimum atomic E-state index is 0.0309. The molecule has 162 valence electrons. The predicted octanol–water partition coefficient (Wildman–Crippen LogP) is 3.23. The van der Waals surface area contributed by atoms with E-state index in [1.165, 1.54) is 38.5 Å². The number of carbonyl (C=O) groups excluding carboxylic acids is 1. The van der Waals surface area contributed by atoms with Gasteiger partial charge >= 0.3 is 0 Å². The van der Waals surface area contributed by atoms with Crippen molar-refractivity contribution in [3.8, 4) is 0 Å². The molecule has 1 aliphatic rings. The minimum Gasteiger partial charge on any atom is -0.376 e. The fourth-order valence-corrected chi connectivity index (χ4v) is 3.57. The van der Waals surface area contributed by atoms with Gasteiger partial charge in [-0.15, -0.1) is 0 Å². The molecule has 2 N–H and O–H groups in total. The van der Waals surface area contributed by atoms with Crippen LogP contribution in [0.1, 0.15) is 61.4 Å². The first-order valence-electron chi connectivity index (χ1n) is 11.0. The number of nitrogens with zero attached hydrogens (tertiary/aromatic N) is 2. The van der Waals surface area contributed by atoms with Crippen LogP contribution in [0, 0.1) is 0 Å². The average Bonchev–Trinajstić information content (AvgIpc) is 2.99. The standard InChI is InChI=1S/C23H38N4O2/c1-4-24-23(26-16-17-29-21-12-7-5-6-8-13-21)25-15-14-19-10-9-11-20(18-19)22(28)27(2)3/h9-11,18,21H,4-8,12-17H2,1-3H3,(H2,24,25,26). The van der Waals surface area contributed by atoms with Crippen molar-refractivity contribution in [1.29, 1.82) is 0 Å². The van der Waals surface area contributed by atoms with Crippen LogP contribution in [0.2, 0.25) is 0 Å². The van der Waals surface area contributed by atoms with Gasteiger partial charge in [0.05, 0.1) is 19.3 Å². The number of ether oxygens (including phenoxy) is 1. The largest absolute Gasteiger partial charge is 0.376 e. The highest BCUT2D eigenvalue weighted by Gasteiger charge is 2.12. The second-order valence-corrected chi connectivity index (χ2v) is 7.82. The van der Waals surface area contributed by atoms with Crippen LogP contribution in [0.25, 0.3) is 0 Å². The van der Waals surface area contributed by atoms with E-state index in [2.05, 4.69) is 28.6 Å². The Kier molecular flexibility index (Phi) is 10.6. The van der Waals surface area contributed by atoms with Crippen molar-refractivity contribution >= 4 is 11.9 Å². The molecule has 0 spiro atoms. The van der Waals surface area contributed by atoms with E-state index >= 15 is 0 Å². The number of hydrogen-bond acceptors (Lipinski definition) is 3. The predicted molar refractivity (Wildman–Crippen MR) is 120 cm³/mol. The number of carbonyl (C=O) groups is 1. The first-order chi connectivity index (χ1) is 14.1. The Hall–Kier alpha value is -2.08. The Balaban J connectivity index is 1.76. The summed E-state index contributed by atoms with van der Waals surface area (Å²) in [6.45, 7) is 4.99. The zero-order valence-corrected chi connectivity index (χ0v) is 18.4. The summed E-state index contributed by atoms with van der Waals surface area (Å²) in [5.41, 5.74) is 1.86. The van der Waals surface area contributed by atoms with Gasteiger partial charge in [0, 0.05) is 32.7 Å². The van der Waals surface area contributed by atoms with Crippen LogP contribution >= 0.6 is 0 Å². The van der Waals surface area contributed by atoms with E-state index in [9.17, 15) is 4.79 Å². The van der Waals surface area contributed by atoms with E-state index in [1.807, 2.05) is 18.2 Å². The lowest BCUT2D eigenvalue weighted by Crippen LogP contribution is -2.38. The molecule has 29 heavy (non-hydrogen) atoms. The Morgan fingerprint density at radius 2 is 1.93 bits per heavy atom. The molecule has 1 aliphatic carbocycles. The van der Waals surface area contributed by atoms with E-state index in [0.29, 0.717) is 19.3 Å². The van der Waals surface area contributed by atoms with Crippen molar-refractivity contribution in [1.82, 2.24) is 15.5 Å². The summed E-state index contributed by atoms with van der Waals surface area (Å²) in [6.07, 6.45) is 8.91. The Labute approximate surface area is 176 Å². The summed E-state index contributed by atoms with van der Waals surface area (Å²) >= 11 is 0. The van der Waals surface area contributed by atoms with E-state index in [1.54, 1.807) is 19.0 Å². The molecule has 0 aliphatic heterocycles. The monoisotopic (exact) mass is 402 g/mol. The third-order valence-corrected chi connectivity index (χ3v) is 5.15. The van der Waals surface area contributed by atoms with Crippen molar-refractivity contribution in [3.05, 3.63) is 35.4 Å². The number of aliphatic imine (C=N–C) groups is 1. The number of hydrogen-bond donors (Lipinski definition) is 2. The molecule has 0 heterocycles. The van der Waals surface area contributed by atoms with Crippen LogP contribution in [0.15, 0.2) is 29.3 Å². The van der Waals surface area contributed by atoms with Gasteiger partial charge in [-0.3, -0.25) is 9.79 Å². The first kappa shape index (κ1) is 23.2. The number of benzene rings is 1. The van der Waals surface area contributed by atoms with Gasteiger partial charge < -0.3 is 20.3 Å². The van der Waals surface area contributed by atoms with Crippen LogP contribution in [-0.4, -0.2) is 63.2 Å². The maximum atomic E-state index is 12.1. The molecule has 0 atom stereocenters. The maximum Gasteiger partial charge on any atom is 0.253 e. The number of nitrogens with one attached hydrogen (secondary N) is 2. The van der Waals surface area contributed by atoms with Gasteiger partial charge in [0.2, 0.25) is 0 Å². The van der Waals surface area contributed by atoms with Gasteiger partial charge in [0.25, 0.3) is 5.91 Å². The van der Waals surface area contributed by atoms with Crippen LogP contribution in [0.5, 0.6) is 0 Å². The highest BCUT2D eigenvalue weighted by molar-refractivity contribution is 5.94. The molecule has 1 fully saturated rings. The third kappa shape index (κ3) is 8.86. The van der Waals surface area contributed by atoms with Gasteiger partial charge in [0.15, 0.2) is 5.96 Å². The number of rotatable bonds is 9. The molecule has 2 rings (SSSR count). The lowest BCUT2D eigenvalue weighted by atomic mass is 10.1. The normalized spacial score (nSPS) is 15.6. The van der Waals surface area contributed by atoms with Crippen molar-refractivity contribution in [2.45, 2.75) is 58.0 Å². The fraction of sp³-hybridized carbons (Fsp3) is 0.652. The lowest BCUT2D eigenvalue weighted by molar-refractivity contribution is 0.0487. The molecule has 0 saturated heterocycles. The summed E-state index contributed by atoms with van der Waals surface area (Å²) < 4.78 is 6.02. The highest BCUT2D eigenvalue weighted by atomic mass is 16.5. The Morgan fingerprint density at radius 1 is 1.17 bits per heavy atom. The van der Waals surface area contributed by atoms with Crippen molar-refractivity contribution in [2.24, 2.45) is 4.99 Å². The van der Waals surface area contributed by atoms with Crippen molar-refractivity contribution < 1.29 is 9.53 Å². The number of amides is 1. The second kappa shape index (κ2) is 13.2. The first-order valence-corrected chi connectivity index (χ1v) is 11.0. The topological polar surface area (TPSA) is 66.0 Å². The second-order valence-electron chi connectivity index (χ2n) is 7.82. The van der Waals surface area contributed by atoms with Gasteiger partial charge in [-0.25, -0.2) is 0 Å². The van der Waals surface area contributed by atoms with E-state index in [4.69, 9.17) is 4.74 Å². The van der Waals surface area contributed by atoms with Gasteiger partial charge in [0.1, 0.15) is 0 Å². The zero-order chi connectivity index (χ0) is 20.9. The molecule has 1 saturated carbocycles. The molecule has 0 radical (unpaired) electrons. The molecule has 0 unspecified atom stereocenters. The zero-order valence-electron chi connectivity index (χ0n) is 18.4. The Morgan fingerprint density at radius 3 is 2.62 bits per heavy atom. The molecule has 1 amide bonds. The van der Waals surface area contributed by atoms with Crippen LogP contribution in [0.3, 0.4) is 0 Å². The molecular weight excluding hydrogens is 364 g/mol. The molecule has 6 nitrogen and oxygen atoms in total. The quantitative estimate of drug-likeness (QED) is 0.288. The summed E-state index contributed by atoms with van der Waals surface area (Å²) in [7, 11) is 3.55. The average molecular weight is 403 g/mol. The SMILES string of the molecule is CCNC(=NCCOC1CCCCCC1)NCCc1cccc(C(=O)N(C)C)c1. The van der Waals surface area contributed by atoms with Crippen LogP contribution in [0.4, 0.5) is 0 Å². The van der Waals surface area contributed by atoms with Crippen molar-refractivity contribution in [2.75, 3.05) is 40.3 Å². The summed E-state index contributed by atoms with van der Waals surface area (Å²) in [5.74, 6) is 0.848. The smallest absolute Gasteiger partial charge is 0.253 e. The van der Waals surface area contributed by atoms with E-state index in [0.717, 1.165) is 36.6 Å². The van der Waals surface area contributed by atoms with Crippen molar-refractivity contribution in [3.63, 3.8) is 0 Å². The van der Waals surface area contributed by atoms with Gasteiger partial charge in [-0.05, 0) is 43.9 Å². The van der Waals surface area contributed by atoms with Crippen LogP contribution < -0.4 is 10.6 Å².